The number of nitriles is 1. The predicted octanol–water partition coefficient (Wildman–Crippen LogP) is 3.29. The summed E-state index contributed by atoms with van der Waals surface area (Å²) >= 11 is 3.42. The Kier molecular flexibility index (Phi) is 4.55. The van der Waals surface area contributed by atoms with Gasteiger partial charge in [0, 0.05) is 17.1 Å². The van der Waals surface area contributed by atoms with Crippen LogP contribution in [0, 0.1) is 11.3 Å². The third-order valence-corrected chi connectivity index (χ3v) is 4.91. The lowest BCUT2D eigenvalue weighted by molar-refractivity contribution is 0.881. The average Bonchev–Trinajstić information content (AvgIpc) is 3.16. The molecule has 0 bridgehead atoms. The molecular formula is C14H13N7S2. The molecule has 7 nitrogen and oxygen atoms in total. The molecule has 0 fully saturated rings. The van der Waals surface area contributed by atoms with Crippen LogP contribution in [0.4, 0.5) is 5.69 Å². The van der Waals surface area contributed by atoms with Crippen molar-refractivity contribution < 1.29 is 0 Å². The van der Waals surface area contributed by atoms with Crippen LogP contribution in [-0.2, 0) is 0 Å². The first-order valence-corrected chi connectivity index (χ1v) is 8.53. The van der Waals surface area contributed by atoms with Crippen LogP contribution in [0.25, 0.3) is 15.8 Å². The van der Waals surface area contributed by atoms with Crippen LogP contribution in [0.1, 0.15) is 19.7 Å². The zero-order valence-electron chi connectivity index (χ0n) is 12.4. The molecule has 116 valence electrons. The van der Waals surface area contributed by atoms with Gasteiger partial charge in [0.2, 0.25) is 5.82 Å². The number of aromatic nitrogens is 5. The number of rotatable bonds is 5. The molecular weight excluding hydrogens is 330 g/mol. The third-order valence-electron chi connectivity index (χ3n) is 2.80. The second kappa shape index (κ2) is 6.76. The summed E-state index contributed by atoms with van der Waals surface area (Å²) in [7, 11) is 0. The zero-order valence-corrected chi connectivity index (χ0v) is 14.1. The van der Waals surface area contributed by atoms with Crippen LogP contribution in [0.2, 0.25) is 0 Å². The highest BCUT2D eigenvalue weighted by Gasteiger charge is 2.08. The fraction of sp³-hybridized carbons (Fsp3) is 0.214. The summed E-state index contributed by atoms with van der Waals surface area (Å²) < 4.78 is 2.16. The van der Waals surface area contributed by atoms with Crippen molar-refractivity contribution in [3.63, 3.8) is 0 Å². The van der Waals surface area contributed by atoms with Crippen molar-refractivity contribution in [2.75, 3.05) is 5.32 Å². The molecule has 0 spiro atoms. The van der Waals surface area contributed by atoms with Crippen molar-refractivity contribution in [3.05, 3.63) is 30.2 Å². The van der Waals surface area contributed by atoms with Gasteiger partial charge in [-0.3, -0.25) is 0 Å². The number of allylic oxidation sites excluding steroid dienone is 1. The fourth-order valence-electron chi connectivity index (χ4n) is 1.82. The molecule has 0 aliphatic rings. The number of hydrogen-bond donors (Lipinski definition) is 2. The number of nitrogens with zero attached hydrogens (tertiary/aromatic N) is 5. The van der Waals surface area contributed by atoms with E-state index in [0.29, 0.717) is 10.8 Å². The molecule has 0 radical (unpaired) electrons. The SMILES string of the molecule is CC(C)Sc1nc2ccc(NC=C(C#N)c3nn[nH]n3)cc2s1. The standard InChI is InChI=1S/C14H13N7S2/c1-8(2)22-14-17-11-4-3-10(5-12(11)23-14)16-7-9(6-15)13-18-20-21-19-13/h3-5,7-8,16H,1-2H3,(H,18,19,20,21). The molecule has 0 saturated carbocycles. The number of aromatic amines is 1. The molecule has 2 heterocycles. The van der Waals surface area contributed by atoms with E-state index >= 15 is 0 Å². The van der Waals surface area contributed by atoms with Gasteiger partial charge < -0.3 is 5.32 Å². The Morgan fingerprint density at radius 1 is 1.48 bits per heavy atom. The van der Waals surface area contributed by atoms with Gasteiger partial charge in [0.25, 0.3) is 0 Å². The maximum atomic E-state index is 9.14. The number of hydrogen-bond acceptors (Lipinski definition) is 8. The lowest BCUT2D eigenvalue weighted by Crippen LogP contribution is -1.92. The molecule has 0 atom stereocenters. The Bertz CT molecular complexity index is 874. The number of thioether (sulfide) groups is 1. The van der Waals surface area contributed by atoms with E-state index in [9.17, 15) is 0 Å². The summed E-state index contributed by atoms with van der Waals surface area (Å²) in [6.45, 7) is 4.30. The minimum atomic E-state index is 0.259. The highest BCUT2D eigenvalue weighted by Crippen LogP contribution is 2.33. The van der Waals surface area contributed by atoms with Gasteiger partial charge in [-0.2, -0.15) is 10.5 Å². The van der Waals surface area contributed by atoms with E-state index in [1.807, 2.05) is 24.3 Å². The van der Waals surface area contributed by atoms with E-state index in [0.717, 1.165) is 20.2 Å². The second-order valence-corrected chi connectivity index (χ2v) is 7.73. The number of nitrogens with one attached hydrogen (secondary N) is 2. The highest BCUT2D eigenvalue weighted by molar-refractivity contribution is 8.01. The summed E-state index contributed by atoms with van der Waals surface area (Å²) in [5.74, 6) is 0.259. The molecule has 0 aliphatic heterocycles. The summed E-state index contributed by atoms with van der Waals surface area (Å²) in [6.07, 6.45) is 1.57. The molecule has 3 aromatic rings. The monoisotopic (exact) mass is 343 g/mol. The summed E-state index contributed by atoms with van der Waals surface area (Å²) in [5, 5.41) is 26.1. The third kappa shape index (κ3) is 3.67. The molecule has 2 aromatic heterocycles. The van der Waals surface area contributed by atoms with Gasteiger partial charge in [0.15, 0.2) is 4.34 Å². The second-order valence-electron chi connectivity index (χ2n) is 4.88. The molecule has 0 aliphatic carbocycles. The molecule has 0 saturated heterocycles. The van der Waals surface area contributed by atoms with Crippen molar-refractivity contribution in [2.45, 2.75) is 23.4 Å². The first-order chi connectivity index (χ1) is 11.2. The van der Waals surface area contributed by atoms with Gasteiger partial charge in [0.1, 0.15) is 11.6 Å². The van der Waals surface area contributed by atoms with Crippen LogP contribution in [0.15, 0.2) is 28.7 Å². The Labute approximate surface area is 140 Å². The molecule has 0 unspecified atom stereocenters. The van der Waals surface area contributed by atoms with Crippen LogP contribution < -0.4 is 5.32 Å². The van der Waals surface area contributed by atoms with E-state index in [1.54, 1.807) is 29.3 Å². The Morgan fingerprint density at radius 2 is 2.35 bits per heavy atom. The fourth-order valence-corrected chi connectivity index (χ4v) is 4.15. The molecule has 0 amide bonds. The molecule has 9 heteroatoms. The topological polar surface area (TPSA) is 103 Å². The summed E-state index contributed by atoms with van der Waals surface area (Å²) in [5.41, 5.74) is 2.16. The Hall–Kier alpha value is -2.44. The van der Waals surface area contributed by atoms with Crippen LogP contribution in [0.5, 0.6) is 0 Å². The predicted molar refractivity (Wildman–Crippen MR) is 92.0 cm³/mol. The van der Waals surface area contributed by atoms with E-state index in [1.165, 1.54) is 0 Å². The van der Waals surface area contributed by atoms with Crippen LogP contribution in [-0.4, -0.2) is 30.9 Å². The largest absolute Gasteiger partial charge is 0.360 e. The van der Waals surface area contributed by atoms with Crippen molar-refractivity contribution in [3.8, 4) is 6.07 Å². The van der Waals surface area contributed by atoms with Gasteiger partial charge in [-0.05, 0) is 23.4 Å². The maximum Gasteiger partial charge on any atom is 0.216 e. The number of tetrazole rings is 1. The number of H-pyrrole nitrogens is 1. The first kappa shape index (κ1) is 15.5. The van der Waals surface area contributed by atoms with Crippen molar-refractivity contribution in [1.29, 1.82) is 5.26 Å². The first-order valence-electron chi connectivity index (χ1n) is 6.83. The number of fused-ring (bicyclic) bond motifs is 1. The van der Waals surface area contributed by atoms with E-state index in [-0.39, 0.29) is 5.82 Å². The van der Waals surface area contributed by atoms with Crippen LogP contribution >= 0.6 is 23.1 Å². The van der Waals surface area contributed by atoms with Gasteiger partial charge >= 0.3 is 0 Å². The number of anilines is 1. The molecule has 1 aromatic carbocycles. The van der Waals surface area contributed by atoms with Gasteiger partial charge in [-0.15, -0.1) is 21.5 Å². The van der Waals surface area contributed by atoms with Crippen molar-refractivity contribution in [1.82, 2.24) is 25.6 Å². The quantitative estimate of drug-likeness (QED) is 0.541. The van der Waals surface area contributed by atoms with Gasteiger partial charge in [-0.1, -0.05) is 25.6 Å². The Balaban J connectivity index is 1.82. The van der Waals surface area contributed by atoms with Crippen LogP contribution in [0.3, 0.4) is 0 Å². The van der Waals surface area contributed by atoms with Gasteiger partial charge in [0.05, 0.1) is 10.2 Å². The molecule has 3 rings (SSSR count). The maximum absolute atomic E-state index is 9.14. The highest BCUT2D eigenvalue weighted by atomic mass is 32.2. The number of benzene rings is 1. The van der Waals surface area contributed by atoms with E-state index in [2.05, 4.69) is 44.8 Å². The Morgan fingerprint density at radius 3 is 3.04 bits per heavy atom. The summed E-state index contributed by atoms with van der Waals surface area (Å²) in [4.78, 5) is 4.60. The number of thiazole rings is 1. The van der Waals surface area contributed by atoms with E-state index in [4.69, 9.17) is 5.26 Å². The van der Waals surface area contributed by atoms with Crippen molar-refractivity contribution in [2.24, 2.45) is 0 Å². The van der Waals surface area contributed by atoms with E-state index < -0.39 is 0 Å². The lowest BCUT2D eigenvalue weighted by Gasteiger charge is -2.00. The minimum absolute atomic E-state index is 0.259. The summed E-state index contributed by atoms with van der Waals surface area (Å²) in [6, 6.07) is 7.94. The molecule has 23 heavy (non-hydrogen) atoms. The lowest BCUT2D eigenvalue weighted by atomic mass is 10.3. The van der Waals surface area contributed by atoms with Crippen molar-refractivity contribution >= 4 is 44.6 Å². The normalized spacial score (nSPS) is 11.8. The van der Waals surface area contributed by atoms with Gasteiger partial charge in [-0.25, -0.2) is 4.98 Å². The smallest absolute Gasteiger partial charge is 0.216 e. The molecule has 2 N–H and O–H groups in total. The average molecular weight is 343 g/mol. The minimum Gasteiger partial charge on any atom is -0.360 e. The zero-order chi connectivity index (χ0) is 16.2.